The fourth-order valence-corrected chi connectivity index (χ4v) is 2.48. The molecule has 0 aliphatic heterocycles. The lowest BCUT2D eigenvalue weighted by Crippen LogP contribution is -2.04. The summed E-state index contributed by atoms with van der Waals surface area (Å²) in [6, 6.07) is 0. The molecule has 2 aromatic rings. The molecule has 0 aliphatic rings. The summed E-state index contributed by atoms with van der Waals surface area (Å²) in [5.41, 5.74) is 2.75. The molecule has 0 bridgehead atoms. The van der Waals surface area contributed by atoms with Crippen molar-refractivity contribution in [3.63, 3.8) is 0 Å². The number of halogens is 1. The molecule has 2 heterocycles. The van der Waals surface area contributed by atoms with Gasteiger partial charge in [0.15, 0.2) is 5.82 Å². The van der Waals surface area contributed by atoms with E-state index in [-0.39, 0.29) is 0 Å². The lowest BCUT2D eigenvalue weighted by atomic mass is 10.2. The van der Waals surface area contributed by atoms with E-state index in [1.54, 1.807) is 11.8 Å². The minimum absolute atomic E-state index is 0.423. The first kappa shape index (κ1) is 14.9. The predicted molar refractivity (Wildman–Crippen MR) is 81.6 cm³/mol. The van der Waals surface area contributed by atoms with Gasteiger partial charge in [-0.25, -0.2) is 9.97 Å². The minimum atomic E-state index is 0.423. The third-order valence-corrected chi connectivity index (χ3v) is 3.75. The van der Waals surface area contributed by atoms with Crippen LogP contribution in [-0.2, 0) is 24.8 Å². The summed E-state index contributed by atoms with van der Waals surface area (Å²) in [4.78, 5) is 9.13. The molecule has 2 aromatic heterocycles. The lowest BCUT2D eigenvalue weighted by Gasteiger charge is -2.10. The molecule has 0 saturated heterocycles. The Balaban J connectivity index is 2.58. The van der Waals surface area contributed by atoms with Crippen LogP contribution in [-0.4, -0.2) is 33.9 Å². The summed E-state index contributed by atoms with van der Waals surface area (Å²) in [5, 5.41) is 7.50. The minimum Gasteiger partial charge on any atom is -0.378 e. The molecule has 7 heteroatoms. The van der Waals surface area contributed by atoms with E-state index in [2.05, 4.69) is 43.2 Å². The Morgan fingerprint density at radius 1 is 1.35 bits per heavy atom. The van der Waals surface area contributed by atoms with Gasteiger partial charge in [-0.1, -0.05) is 6.92 Å². The van der Waals surface area contributed by atoms with Crippen molar-refractivity contribution in [1.29, 1.82) is 0 Å². The SMILES string of the molecule is CCc1nn(C)cc1-c1nc(COC)c(Br)c(NC)n1. The molecule has 108 valence electrons. The summed E-state index contributed by atoms with van der Waals surface area (Å²) in [6.45, 7) is 2.49. The lowest BCUT2D eigenvalue weighted by molar-refractivity contribution is 0.181. The van der Waals surface area contributed by atoms with Crippen LogP contribution in [0.3, 0.4) is 0 Å². The van der Waals surface area contributed by atoms with Gasteiger partial charge in [0.1, 0.15) is 5.82 Å². The fourth-order valence-electron chi connectivity index (χ4n) is 1.99. The second-order valence-corrected chi connectivity index (χ2v) is 5.15. The van der Waals surface area contributed by atoms with Crippen molar-refractivity contribution in [1.82, 2.24) is 19.7 Å². The number of methoxy groups -OCH3 is 1. The van der Waals surface area contributed by atoms with Gasteiger partial charge in [-0.15, -0.1) is 0 Å². The van der Waals surface area contributed by atoms with Crippen molar-refractivity contribution < 1.29 is 4.74 Å². The largest absolute Gasteiger partial charge is 0.378 e. The highest BCUT2D eigenvalue weighted by Crippen LogP contribution is 2.28. The maximum Gasteiger partial charge on any atom is 0.165 e. The Labute approximate surface area is 126 Å². The molecular weight excluding hydrogens is 322 g/mol. The molecule has 0 unspecified atom stereocenters. The van der Waals surface area contributed by atoms with Gasteiger partial charge in [0.2, 0.25) is 0 Å². The molecule has 0 aliphatic carbocycles. The zero-order chi connectivity index (χ0) is 14.7. The van der Waals surface area contributed by atoms with Crippen molar-refractivity contribution in [2.75, 3.05) is 19.5 Å². The van der Waals surface area contributed by atoms with Crippen LogP contribution >= 0.6 is 15.9 Å². The molecular formula is C13H18BrN5O. The number of hydrogen-bond donors (Lipinski definition) is 1. The summed E-state index contributed by atoms with van der Waals surface area (Å²) in [7, 11) is 5.38. The number of hydrogen-bond acceptors (Lipinski definition) is 5. The zero-order valence-electron chi connectivity index (χ0n) is 12.1. The van der Waals surface area contributed by atoms with Crippen molar-refractivity contribution in [3.05, 3.63) is 22.1 Å². The predicted octanol–water partition coefficient (Wildman–Crippen LogP) is 2.39. The van der Waals surface area contributed by atoms with Crippen molar-refractivity contribution in [2.24, 2.45) is 7.05 Å². The van der Waals surface area contributed by atoms with E-state index in [4.69, 9.17) is 4.74 Å². The first-order valence-corrected chi connectivity index (χ1v) is 7.16. The van der Waals surface area contributed by atoms with E-state index >= 15 is 0 Å². The van der Waals surface area contributed by atoms with Gasteiger partial charge in [-0.3, -0.25) is 4.68 Å². The Morgan fingerprint density at radius 2 is 2.10 bits per heavy atom. The monoisotopic (exact) mass is 339 g/mol. The number of aromatic nitrogens is 4. The Kier molecular flexibility index (Phi) is 4.72. The Morgan fingerprint density at radius 3 is 2.70 bits per heavy atom. The molecule has 0 fully saturated rings. The van der Waals surface area contributed by atoms with Crippen LogP contribution in [0, 0.1) is 0 Å². The fraction of sp³-hybridized carbons (Fsp3) is 0.462. The van der Waals surface area contributed by atoms with E-state index in [0.717, 1.165) is 33.7 Å². The van der Waals surface area contributed by atoms with Crippen molar-refractivity contribution in [3.8, 4) is 11.4 Å². The number of nitrogens with zero attached hydrogens (tertiary/aromatic N) is 4. The number of ether oxygens (including phenoxy) is 1. The number of aryl methyl sites for hydroxylation is 2. The summed E-state index contributed by atoms with van der Waals surface area (Å²) < 4.78 is 7.80. The molecule has 0 aromatic carbocycles. The van der Waals surface area contributed by atoms with E-state index < -0.39 is 0 Å². The van der Waals surface area contributed by atoms with Crippen molar-refractivity contribution in [2.45, 2.75) is 20.0 Å². The summed E-state index contributed by atoms with van der Waals surface area (Å²) >= 11 is 3.50. The molecule has 0 saturated carbocycles. The molecule has 0 atom stereocenters. The average Bonchev–Trinajstić information content (AvgIpc) is 2.82. The van der Waals surface area contributed by atoms with Crippen LogP contribution in [0.5, 0.6) is 0 Å². The van der Waals surface area contributed by atoms with E-state index in [1.807, 2.05) is 20.3 Å². The van der Waals surface area contributed by atoms with E-state index in [0.29, 0.717) is 12.4 Å². The van der Waals surface area contributed by atoms with Crippen LogP contribution in [0.15, 0.2) is 10.7 Å². The van der Waals surface area contributed by atoms with Crippen LogP contribution in [0.2, 0.25) is 0 Å². The highest BCUT2D eigenvalue weighted by molar-refractivity contribution is 9.10. The van der Waals surface area contributed by atoms with Crippen LogP contribution < -0.4 is 5.32 Å². The molecule has 2 rings (SSSR count). The van der Waals surface area contributed by atoms with Crippen molar-refractivity contribution >= 4 is 21.7 Å². The first-order valence-electron chi connectivity index (χ1n) is 6.36. The van der Waals surface area contributed by atoms with Gasteiger partial charge in [-0.2, -0.15) is 5.10 Å². The zero-order valence-corrected chi connectivity index (χ0v) is 13.7. The highest BCUT2D eigenvalue weighted by atomic mass is 79.9. The molecule has 6 nitrogen and oxygen atoms in total. The Hall–Kier alpha value is -1.47. The smallest absolute Gasteiger partial charge is 0.165 e. The Bertz CT molecular complexity index is 611. The summed E-state index contributed by atoms with van der Waals surface area (Å²) in [6.07, 6.45) is 2.78. The van der Waals surface area contributed by atoms with E-state index in [1.165, 1.54) is 0 Å². The van der Waals surface area contributed by atoms with Gasteiger partial charge in [0.25, 0.3) is 0 Å². The van der Waals surface area contributed by atoms with Gasteiger partial charge in [0.05, 0.1) is 28.0 Å². The van der Waals surface area contributed by atoms with E-state index in [9.17, 15) is 0 Å². The van der Waals surface area contributed by atoms with Crippen LogP contribution in [0.4, 0.5) is 5.82 Å². The third kappa shape index (κ3) is 2.83. The number of rotatable bonds is 5. The average molecular weight is 340 g/mol. The maximum atomic E-state index is 5.19. The third-order valence-electron chi connectivity index (χ3n) is 2.92. The quantitative estimate of drug-likeness (QED) is 0.905. The maximum absolute atomic E-state index is 5.19. The topological polar surface area (TPSA) is 64.9 Å². The highest BCUT2D eigenvalue weighted by Gasteiger charge is 2.16. The second kappa shape index (κ2) is 6.32. The normalized spacial score (nSPS) is 10.8. The van der Waals surface area contributed by atoms with Gasteiger partial charge < -0.3 is 10.1 Å². The molecule has 1 N–H and O–H groups in total. The van der Waals surface area contributed by atoms with Gasteiger partial charge in [-0.05, 0) is 22.4 Å². The first-order chi connectivity index (χ1) is 9.60. The molecule has 0 amide bonds. The molecule has 0 spiro atoms. The van der Waals surface area contributed by atoms with Crippen LogP contribution in [0.25, 0.3) is 11.4 Å². The van der Waals surface area contributed by atoms with Crippen LogP contribution in [0.1, 0.15) is 18.3 Å². The number of nitrogens with one attached hydrogen (secondary N) is 1. The molecule has 0 radical (unpaired) electrons. The van der Waals surface area contributed by atoms with Gasteiger partial charge in [0, 0.05) is 27.4 Å². The summed E-state index contributed by atoms with van der Waals surface area (Å²) in [5.74, 6) is 1.41. The second-order valence-electron chi connectivity index (χ2n) is 4.36. The number of anilines is 1. The standard InChI is InChI=1S/C13H18BrN5O/c1-5-9-8(6-19(3)18-9)12-16-10(7-20-4)11(14)13(15-2)17-12/h6H,5,7H2,1-4H3,(H,15,16,17). The molecule has 20 heavy (non-hydrogen) atoms. The van der Waals surface area contributed by atoms with Gasteiger partial charge >= 0.3 is 0 Å².